The zero-order chi connectivity index (χ0) is 21.4. The van der Waals surface area contributed by atoms with Crippen LogP contribution in [0, 0.1) is 13.8 Å². The van der Waals surface area contributed by atoms with Crippen molar-refractivity contribution in [1.29, 1.82) is 0 Å². The first-order valence-electron chi connectivity index (χ1n) is 9.62. The van der Waals surface area contributed by atoms with Crippen molar-refractivity contribution in [3.63, 3.8) is 0 Å². The number of benzene rings is 2. The molecular weight excluding hydrogens is 396 g/mol. The highest BCUT2D eigenvalue weighted by Crippen LogP contribution is 2.19. The van der Waals surface area contributed by atoms with Gasteiger partial charge < -0.3 is 9.73 Å². The zero-order valence-electron chi connectivity index (χ0n) is 16.9. The van der Waals surface area contributed by atoms with Crippen LogP contribution in [0.4, 0.5) is 5.69 Å². The van der Waals surface area contributed by atoms with Gasteiger partial charge in [-0.3, -0.25) is 4.79 Å². The molecule has 0 saturated carbocycles. The van der Waals surface area contributed by atoms with Crippen LogP contribution >= 0.6 is 0 Å². The average Bonchev–Trinajstić information content (AvgIpc) is 3.47. The smallest absolute Gasteiger partial charge is 0.248 e. The van der Waals surface area contributed by atoms with Gasteiger partial charge in [-0.2, -0.15) is 9.59 Å². The predicted molar refractivity (Wildman–Crippen MR) is 112 cm³/mol. The van der Waals surface area contributed by atoms with Gasteiger partial charge in [0.1, 0.15) is 23.3 Å². The number of amides is 1. The Morgan fingerprint density at radius 1 is 0.968 bits per heavy atom. The van der Waals surface area contributed by atoms with Crippen LogP contribution in [0.3, 0.4) is 0 Å². The van der Waals surface area contributed by atoms with Crippen molar-refractivity contribution in [1.82, 2.24) is 35.2 Å². The lowest BCUT2D eigenvalue weighted by Crippen LogP contribution is -2.20. The van der Waals surface area contributed by atoms with Gasteiger partial charge in [0, 0.05) is 5.69 Å². The van der Waals surface area contributed by atoms with Crippen LogP contribution in [0.2, 0.25) is 0 Å². The third-order valence-electron chi connectivity index (χ3n) is 4.63. The van der Waals surface area contributed by atoms with E-state index in [0.29, 0.717) is 22.8 Å². The number of anilines is 1. The molecule has 3 aromatic heterocycles. The molecule has 0 aliphatic carbocycles. The molecule has 5 rings (SSSR count). The fourth-order valence-electron chi connectivity index (χ4n) is 3.08. The topological polar surface area (TPSA) is 117 Å². The van der Waals surface area contributed by atoms with Crippen LogP contribution in [0.1, 0.15) is 11.3 Å². The highest BCUT2D eigenvalue weighted by Gasteiger charge is 2.13. The Kier molecular flexibility index (Phi) is 4.51. The summed E-state index contributed by atoms with van der Waals surface area (Å²) in [6.45, 7) is 3.78. The molecule has 0 fully saturated rings. The number of hydrogen-bond acceptors (Lipinski definition) is 7. The number of tetrazole rings is 1. The highest BCUT2D eigenvalue weighted by molar-refractivity contribution is 5.92. The predicted octanol–water partition coefficient (Wildman–Crippen LogP) is 2.92. The second-order valence-electron chi connectivity index (χ2n) is 7.13. The summed E-state index contributed by atoms with van der Waals surface area (Å²) < 4.78 is 5.47. The molecule has 1 N–H and O–H groups in total. The Bertz CT molecular complexity index is 1380. The largest absolute Gasteiger partial charge is 0.458 e. The summed E-state index contributed by atoms with van der Waals surface area (Å²) in [6.07, 6.45) is 0. The van der Waals surface area contributed by atoms with Gasteiger partial charge in [0.25, 0.3) is 0 Å². The fourth-order valence-corrected chi connectivity index (χ4v) is 3.08. The van der Waals surface area contributed by atoms with E-state index in [9.17, 15) is 4.79 Å². The Labute approximate surface area is 176 Å². The summed E-state index contributed by atoms with van der Waals surface area (Å²) in [5.74, 6) is 1.30. The summed E-state index contributed by atoms with van der Waals surface area (Å²) >= 11 is 0. The third kappa shape index (κ3) is 3.90. The molecule has 0 spiro atoms. The molecular formula is C21H18N8O2. The quantitative estimate of drug-likeness (QED) is 0.470. The number of rotatable bonds is 5. The summed E-state index contributed by atoms with van der Waals surface area (Å²) in [5, 5.41) is 23.8. The van der Waals surface area contributed by atoms with Crippen LogP contribution in [-0.2, 0) is 11.3 Å². The van der Waals surface area contributed by atoms with Crippen LogP contribution in [-0.4, -0.2) is 41.1 Å². The molecule has 0 unspecified atom stereocenters. The number of nitrogens with one attached hydrogen (secondary N) is 1. The maximum Gasteiger partial charge on any atom is 0.248 e. The van der Waals surface area contributed by atoms with Crippen LogP contribution in [0.25, 0.3) is 28.3 Å². The number of furan rings is 1. The molecule has 1 amide bonds. The van der Waals surface area contributed by atoms with E-state index in [-0.39, 0.29) is 12.5 Å². The van der Waals surface area contributed by atoms with Gasteiger partial charge in [0.15, 0.2) is 5.76 Å². The molecule has 0 aliphatic heterocycles. The molecule has 10 heteroatoms. The molecule has 2 aromatic carbocycles. The van der Waals surface area contributed by atoms with E-state index >= 15 is 0 Å². The van der Waals surface area contributed by atoms with Crippen molar-refractivity contribution < 1.29 is 9.21 Å². The van der Waals surface area contributed by atoms with Crippen molar-refractivity contribution in [2.24, 2.45) is 0 Å². The van der Waals surface area contributed by atoms with Crippen LogP contribution in [0.15, 0.2) is 59.0 Å². The molecule has 0 atom stereocenters. The lowest BCUT2D eigenvalue weighted by molar-refractivity contribution is -0.117. The summed E-state index contributed by atoms with van der Waals surface area (Å²) in [7, 11) is 0. The van der Waals surface area contributed by atoms with Gasteiger partial charge in [-0.1, -0.05) is 17.7 Å². The van der Waals surface area contributed by atoms with Crippen molar-refractivity contribution in [2.75, 3.05) is 5.32 Å². The van der Waals surface area contributed by atoms with Gasteiger partial charge in [0.2, 0.25) is 11.7 Å². The molecule has 10 nitrogen and oxygen atoms in total. The maximum absolute atomic E-state index is 12.4. The average molecular weight is 414 g/mol. The lowest BCUT2D eigenvalue weighted by Gasteiger charge is -2.03. The van der Waals surface area contributed by atoms with Gasteiger partial charge in [-0.05, 0) is 61.5 Å². The molecule has 3 heterocycles. The van der Waals surface area contributed by atoms with E-state index < -0.39 is 0 Å². The second-order valence-corrected chi connectivity index (χ2v) is 7.13. The van der Waals surface area contributed by atoms with Gasteiger partial charge in [-0.15, -0.1) is 20.4 Å². The number of carbonyl (C=O) groups is 1. The summed E-state index contributed by atoms with van der Waals surface area (Å²) in [6, 6.07) is 16.9. The standard InChI is InChI=1S/C21H18N8O2/c1-13-3-7-16(8-4-13)29-24-17-9-6-15(11-18(17)25-29)22-20(30)12-28-26-21(23-27-28)19-10-5-14(2)31-19/h3-11H,12H2,1-2H3,(H,22,30). The number of nitrogens with zero attached hydrogens (tertiary/aromatic N) is 7. The highest BCUT2D eigenvalue weighted by atomic mass is 16.3. The SMILES string of the molecule is Cc1ccc(-n2nc3ccc(NC(=O)Cn4nnc(-c5ccc(C)o5)n4)cc3n2)cc1. The monoisotopic (exact) mass is 414 g/mol. The Morgan fingerprint density at radius 3 is 2.55 bits per heavy atom. The van der Waals surface area contributed by atoms with Crippen molar-refractivity contribution in [2.45, 2.75) is 20.4 Å². The third-order valence-corrected chi connectivity index (χ3v) is 4.63. The Hall–Kier alpha value is -4.34. The Morgan fingerprint density at radius 2 is 1.77 bits per heavy atom. The minimum Gasteiger partial charge on any atom is -0.458 e. The van der Waals surface area contributed by atoms with E-state index in [1.165, 1.54) is 10.4 Å². The van der Waals surface area contributed by atoms with E-state index in [0.717, 1.165) is 17.0 Å². The van der Waals surface area contributed by atoms with Crippen LogP contribution in [0.5, 0.6) is 0 Å². The van der Waals surface area contributed by atoms with Gasteiger partial charge in [0.05, 0.1) is 5.69 Å². The number of fused-ring (bicyclic) bond motifs is 1. The van der Waals surface area contributed by atoms with Crippen molar-refractivity contribution in [3.8, 4) is 17.3 Å². The molecule has 31 heavy (non-hydrogen) atoms. The molecule has 0 bridgehead atoms. The first kappa shape index (κ1) is 18.7. The van der Waals surface area contributed by atoms with Gasteiger partial charge in [-0.25, -0.2) is 0 Å². The molecule has 5 aromatic rings. The molecule has 0 saturated heterocycles. The van der Waals surface area contributed by atoms with Crippen LogP contribution < -0.4 is 5.32 Å². The number of aromatic nitrogens is 7. The van der Waals surface area contributed by atoms with E-state index in [4.69, 9.17) is 4.42 Å². The molecule has 0 radical (unpaired) electrons. The van der Waals surface area contributed by atoms with Crippen molar-refractivity contribution in [3.05, 3.63) is 65.9 Å². The Balaban J connectivity index is 1.29. The number of hydrogen-bond donors (Lipinski definition) is 1. The second kappa shape index (κ2) is 7.48. The maximum atomic E-state index is 12.4. The molecule has 154 valence electrons. The number of aryl methyl sites for hydroxylation is 2. The van der Waals surface area contributed by atoms with Crippen molar-refractivity contribution >= 4 is 22.6 Å². The zero-order valence-corrected chi connectivity index (χ0v) is 16.9. The molecule has 0 aliphatic rings. The minimum absolute atomic E-state index is 0.0826. The number of carbonyl (C=O) groups excluding carboxylic acids is 1. The lowest BCUT2D eigenvalue weighted by atomic mass is 10.2. The first-order chi connectivity index (χ1) is 15.0. The minimum atomic E-state index is -0.287. The summed E-state index contributed by atoms with van der Waals surface area (Å²) in [5.41, 5.74) is 4.05. The van der Waals surface area contributed by atoms with E-state index in [1.807, 2.05) is 50.2 Å². The normalized spacial score (nSPS) is 11.2. The van der Waals surface area contributed by atoms with E-state index in [2.05, 4.69) is 30.9 Å². The van der Waals surface area contributed by atoms with E-state index in [1.54, 1.807) is 23.0 Å². The summed E-state index contributed by atoms with van der Waals surface area (Å²) in [4.78, 5) is 15.2. The first-order valence-corrected chi connectivity index (χ1v) is 9.62. The fraction of sp³-hybridized carbons (Fsp3) is 0.143. The van der Waals surface area contributed by atoms with Gasteiger partial charge >= 0.3 is 0 Å².